The van der Waals surface area contributed by atoms with Crippen LogP contribution in [0.5, 0.6) is 0 Å². The molecule has 0 amide bonds. The van der Waals surface area contributed by atoms with Crippen LogP contribution in [0.3, 0.4) is 0 Å². The zero-order chi connectivity index (χ0) is 15.2. The van der Waals surface area contributed by atoms with Crippen molar-refractivity contribution >= 4 is 17.7 Å². The van der Waals surface area contributed by atoms with Crippen LogP contribution in [-0.4, -0.2) is 28.3 Å². The zero-order valence-corrected chi connectivity index (χ0v) is 12.6. The van der Waals surface area contributed by atoms with Crippen molar-refractivity contribution in [2.24, 2.45) is 0 Å². The molecule has 112 valence electrons. The lowest BCUT2D eigenvalue weighted by Crippen LogP contribution is -2.11. The largest absolute Gasteiger partial charge is 0.468 e. The second-order valence-corrected chi connectivity index (χ2v) is 5.46. The minimum absolute atomic E-state index is 0.351. The minimum atomic E-state index is -0.624. The molecule has 5 nitrogen and oxygen atoms in total. The van der Waals surface area contributed by atoms with Crippen molar-refractivity contribution in [1.82, 2.24) is 15.2 Å². The summed E-state index contributed by atoms with van der Waals surface area (Å²) in [6.45, 7) is 2.05. The van der Waals surface area contributed by atoms with E-state index in [1.165, 1.54) is 31.0 Å². The minimum Gasteiger partial charge on any atom is -0.468 e. The summed E-state index contributed by atoms with van der Waals surface area (Å²) in [7, 11) is 1.32. The topological polar surface area (TPSA) is 67.9 Å². The maximum atomic E-state index is 13.0. The molecule has 0 aliphatic carbocycles. The van der Waals surface area contributed by atoms with E-state index < -0.39 is 11.2 Å². The number of nitrogens with one attached hydrogen (secondary N) is 1. The number of H-pyrrole nitrogens is 1. The van der Waals surface area contributed by atoms with Gasteiger partial charge in [-0.1, -0.05) is 30.8 Å². The van der Waals surface area contributed by atoms with E-state index >= 15 is 0 Å². The molecule has 1 aromatic heterocycles. The van der Waals surface area contributed by atoms with E-state index in [1.54, 1.807) is 12.1 Å². The van der Waals surface area contributed by atoms with Gasteiger partial charge in [0.25, 0.3) is 0 Å². The number of ether oxygens (including phenoxy) is 1. The van der Waals surface area contributed by atoms with Crippen molar-refractivity contribution in [3.05, 3.63) is 41.5 Å². The Morgan fingerprint density at radius 1 is 1.43 bits per heavy atom. The number of carbonyl (C=O) groups excluding carboxylic acids is 1. The molecule has 0 radical (unpaired) electrons. The first-order valence-corrected chi connectivity index (χ1v) is 7.43. The van der Waals surface area contributed by atoms with Gasteiger partial charge in [0, 0.05) is 6.42 Å². The first-order chi connectivity index (χ1) is 10.1. The second kappa shape index (κ2) is 7.21. The Morgan fingerprint density at radius 2 is 2.14 bits per heavy atom. The molecule has 0 aliphatic heterocycles. The standard InChI is InChI=1S/C14H16FN3O2S/c1-3-4-11-16-14(18-17-11)21-12(13(19)20-2)9-5-7-10(15)8-6-9/h5-8,12H,3-4H2,1-2H3,(H,16,17,18)/t12-/m1/s1. The van der Waals surface area contributed by atoms with Gasteiger partial charge in [-0.2, -0.15) is 0 Å². The van der Waals surface area contributed by atoms with Gasteiger partial charge in [0.2, 0.25) is 5.16 Å². The lowest BCUT2D eigenvalue weighted by atomic mass is 10.1. The number of esters is 1. The summed E-state index contributed by atoms with van der Waals surface area (Å²) in [6, 6.07) is 5.74. The highest BCUT2D eigenvalue weighted by molar-refractivity contribution is 8.00. The Hall–Kier alpha value is -1.89. The van der Waals surface area contributed by atoms with Crippen molar-refractivity contribution in [1.29, 1.82) is 0 Å². The Morgan fingerprint density at radius 3 is 2.76 bits per heavy atom. The van der Waals surface area contributed by atoms with E-state index in [2.05, 4.69) is 15.2 Å². The molecule has 2 aromatic rings. The highest BCUT2D eigenvalue weighted by Crippen LogP contribution is 2.34. The average molecular weight is 309 g/mol. The van der Waals surface area contributed by atoms with Gasteiger partial charge in [-0.25, -0.2) is 9.37 Å². The number of benzene rings is 1. The van der Waals surface area contributed by atoms with Gasteiger partial charge in [0.15, 0.2) is 0 Å². The molecule has 0 unspecified atom stereocenters. The van der Waals surface area contributed by atoms with Crippen LogP contribution in [0, 0.1) is 5.82 Å². The van der Waals surface area contributed by atoms with Gasteiger partial charge in [-0.15, -0.1) is 5.10 Å². The average Bonchev–Trinajstić information content (AvgIpc) is 2.93. The number of aromatic amines is 1. The lowest BCUT2D eigenvalue weighted by Gasteiger charge is -2.12. The number of aryl methyl sites for hydroxylation is 1. The quantitative estimate of drug-likeness (QED) is 0.656. The van der Waals surface area contributed by atoms with E-state index in [9.17, 15) is 9.18 Å². The molecule has 1 atom stereocenters. The van der Waals surface area contributed by atoms with E-state index in [0.717, 1.165) is 18.7 Å². The number of hydrogen-bond acceptors (Lipinski definition) is 5. The van der Waals surface area contributed by atoms with Crippen LogP contribution in [0.25, 0.3) is 0 Å². The van der Waals surface area contributed by atoms with Gasteiger partial charge in [-0.05, 0) is 24.1 Å². The molecule has 0 aliphatic rings. The van der Waals surface area contributed by atoms with Crippen molar-refractivity contribution in [3.63, 3.8) is 0 Å². The third-order valence-electron chi connectivity index (χ3n) is 2.81. The highest BCUT2D eigenvalue weighted by Gasteiger charge is 2.24. The third-order valence-corrected chi connectivity index (χ3v) is 3.90. The van der Waals surface area contributed by atoms with Crippen LogP contribution in [0.2, 0.25) is 0 Å². The van der Waals surface area contributed by atoms with Gasteiger partial charge in [0.05, 0.1) is 7.11 Å². The number of halogens is 1. The van der Waals surface area contributed by atoms with E-state index in [4.69, 9.17) is 4.74 Å². The van der Waals surface area contributed by atoms with Gasteiger partial charge < -0.3 is 4.74 Å². The highest BCUT2D eigenvalue weighted by atomic mass is 32.2. The molecular weight excluding hydrogens is 293 g/mol. The number of thioether (sulfide) groups is 1. The normalized spacial score (nSPS) is 12.1. The van der Waals surface area contributed by atoms with Crippen molar-refractivity contribution in [2.75, 3.05) is 7.11 Å². The SMILES string of the molecule is CCCc1nc(S[C@@H](C(=O)OC)c2ccc(F)cc2)n[nH]1. The van der Waals surface area contributed by atoms with Crippen molar-refractivity contribution < 1.29 is 13.9 Å². The molecule has 0 fully saturated rings. The van der Waals surface area contributed by atoms with Crippen molar-refractivity contribution in [2.45, 2.75) is 30.2 Å². The fourth-order valence-corrected chi connectivity index (χ4v) is 2.74. The monoisotopic (exact) mass is 309 g/mol. The van der Waals surface area contributed by atoms with Gasteiger partial charge >= 0.3 is 5.97 Å². The predicted octanol–water partition coefficient (Wildman–Crippen LogP) is 2.90. The van der Waals surface area contributed by atoms with Crippen molar-refractivity contribution in [3.8, 4) is 0 Å². The van der Waals surface area contributed by atoms with E-state index in [1.807, 2.05) is 6.92 Å². The van der Waals surface area contributed by atoms with E-state index in [-0.39, 0.29) is 5.82 Å². The summed E-state index contributed by atoms with van der Waals surface area (Å²) in [5, 5.41) is 6.76. The fraction of sp³-hybridized carbons (Fsp3) is 0.357. The molecule has 1 aromatic carbocycles. The van der Waals surface area contributed by atoms with Crippen LogP contribution in [-0.2, 0) is 16.0 Å². The number of hydrogen-bond donors (Lipinski definition) is 1. The summed E-state index contributed by atoms with van der Waals surface area (Å²) in [4.78, 5) is 16.2. The molecule has 0 spiro atoms. The molecule has 21 heavy (non-hydrogen) atoms. The summed E-state index contributed by atoms with van der Waals surface area (Å²) < 4.78 is 17.8. The van der Waals surface area contributed by atoms with Crippen LogP contribution >= 0.6 is 11.8 Å². The molecule has 0 bridgehead atoms. The Balaban J connectivity index is 2.19. The first-order valence-electron chi connectivity index (χ1n) is 6.55. The molecule has 1 heterocycles. The van der Waals surface area contributed by atoms with E-state index in [0.29, 0.717) is 10.7 Å². The Kier molecular flexibility index (Phi) is 5.32. The first kappa shape index (κ1) is 15.5. The number of rotatable bonds is 6. The zero-order valence-electron chi connectivity index (χ0n) is 11.8. The third kappa shape index (κ3) is 4.04. The molecule has 7 heteroatoms. The fourth-order valence-electron chi connectivity index (χ4n) is 1.78. The second-order valence-electron chi connectivity index (χ2n) is 4.39. The van der Waals surface area contributed by atoms with Crippen LogP contribution in [0.1, 0.15) is 30.0 Å². The Bertz CT molecular complexity index is 601. The predicted molar refractivity (Wildman–Crippen MR) is 77.4 cm³/mol. The summed E-state index contributed by atoms with van der Waals surface area (Å²) in [5.74, 6) is 0.00617. The smallest absolute Gasteiger partial charge is 0.323 e. The molecule has 2 rings (SSSR count). The van der Waals surface area contributed by atoms with Crippen LogP contribution in [0.15, 0.2) is 29.4 Å². The summed E-state index contributed by atoms with van der Waals surface area (Å²) in [6.07, 6.45) is 1.75. The number of carbonyl (C=O) groups is 1. The molecular formula is C14H16FN3O2S. The summed E-state index contributed by atoms with van der Waals surface area (Å²) in [5.41, 5.74) is 0.648. The van der Waals surface area contributed by atoms with Crippen LogP contribution in [0.4, 0.5) is 4.39 Å². The maximum absolute atomic E-state index is 13.0. The van der Waals surface area contributed by atoms with Gasteiger partial charge in [0.1, 0.15) is 16.9 Å². The molecule has 0 saturated carbocycles. The van der Waals surface area contributed by atoms with Crippen LogP contribution < -0.4 is 0 Å². The Labute approximate surface area is 126 Å². The maximum Gasteiger partial charge on any atom is 0.323 e. The number of methoxy groups -OCH3 is 1. The molecule has 0 saturated heterocycles. The summed E-state index contributed by atoms with van der Waals surface area (Å²) >= 11 is 1.18. The number of aromatic nitrogens is 3. The lowest BCUT2D eigenvalue weighted by molar-refractivity contribution is -0.140. The number of nitrogens with zero attached hydrogens (tertiary/aromatic N) is 2. The molecule has 1 N–H and O–H groups in total. The van der Waals surface area contributed by atoms with Gasteiger partial charge in [-0.3, -0.25) is 9.89 Å².